The number of amides is 1. The summed E-state index contributed by atoms with van der Waals surface area (Å²) in [6, 6.07) is 8.31. The first-order valence-corrected chi connectivity index (χ1v) is 5.95. The Morgan fingerprint density at radius 3 is 2.94 bits per heavy atom. The smallest absolute Gasteiger partial charge is 0.244 e. The summed E-state index contributed by atoms with van der Waals surface area (Å²) in [4.78, 5) is 12.2. The van der Waals surface area contributed by atoms with E-state index >= 15 is 0 Å². The molecule has 1 fully saturated rings. The molecule has 0 aromatic heterocycles. The lowest BCUT2D eigenvalue weighted by molar-refractivity contribution is -0.130. The fourth-order valence-electron chi connectivity index (χ4n) is 2.94. The average Bonchev–Trinajstić information content (AvgIpc) is 2.34. The maximum atomic E-state index is 12.2. The molecule has 1 saturated heterocycles. The molecule has 3 heteroatoms. The predicted octanol–water partition coefficient (Wildman–Crippen LogP) is 0.938. The van der Waals surface area contributed by atoms with Crippen LogP contribution in [0.15, 0.2) is 24.3 Å². The molecular weight excluding hydrogens is 200 g/mol. The number of rotatable bonds is 0. The molecule has 0 bridgehead atoms. The molecule has 1 aromatic carbocycles. The summed E-state index contributed by atoms with van der Waals surface area (Å²) in [5.74, 6) is 0.144. The maximum absolute atomic E-state index is 12.2. The number of piperazine rings is 1. The molecule has 0 radical (unpaired) electrons. The van der Waals surface area contributed by atoms with Crippen LogP contribution < -0.4 is 10.6 Å². The average molecular weight is 216 g/mol. The fraction of sp³-hybridized carbons (Fsp3) is 0.462. The summed E-state index contributed by atoms with van der Waals surface area (Å²) in [6.45, 7) is 1.60. The van der Waals surface area contributed by atoms with Crippen LogP contribution in [0.4, 0.5) is 0 Å². The van der Waals surface area contributed by atoms with E-state index in [2.05, 4.69) is 28.8 Å². The van der Waals surface area contributed by atoms with Gasteiger partial charge in [-0.2, -0.15) is 0 Å². The number of fused-ring (bicyclic) bond motifs is 2. The van der Waals surface area contributed by atoms with Crippen molar-refractivity contribution in [1.82, 2.24) is 10.6 Å². The number of aryl methyl sites for hydroxylation is 1. The van der Waals surface area contributed by atoms with Gasteiger partial charge in [-0.1, -0.05) is 24.3 Å². The van der Waals surface area contributed by atoms with Gasteiger partial charge in [-0.05, 0) is 30.4 Å². The third-order valence-corrected chi connectivity index (χ3v) is 3.70. The Labute approximate surface area is 95.2 Å². The van der Waals surface area contributed by atoms with Gasteiger partial charge in [0.05, 0.1) is 0 Å². The van der Waals surface area contributed by atoms with Crippen molar-refractivity contribution in [2.75, 3.05) is 13.1 Å². The van der Waals surface area contributed by atoms with Gasteiger partial charge in [0.15, 0.2) is 0 Å². The van der Waals surface area contributed by atoms with Crippen molar-refractivity contribution >= 4 is 5.91 Å². The normalized spacial score (nSPS) is 28.6. The molecule has 2 N–H and O–H groups in total. The Morgan fingerprint density at radius 1 is 1.19 bits per heavy atom. The first-order valence-electron chi connectivity index (χ1n) is 5.95. The monoisotopic (exact) mass is 216 g/mol. The highest BCUT2D eigenvalue weighted by Crippen LogP contribution is 2.36. The molecule has 1 aliphatic carbocycles. The van der Waals surface area contributed by atoms with Crippen molar-refractivity contribution in [3.8, 4) is 0 Å². The molecule has 1 aliphatic heterocycles. The number of carbonyl (C=O) groups is 1. The van der Waals surface area contributed by atoms with Crippen LogP contribution in [-0.4, -0.2) is 19.0 Å². The minimum atomic E-state index is -0.451. The standard InChI is InChI=1S/C13H16N2O/c16-12-13(15-9-8-14-12)7-3-5-10-4-1-2-6-11(10)13/h1-2,4,6,15H,3,5,7-9H2,(H,14,16). The van der Waals surface area contributed by atoms with Crippen molar-refractivity contribution in [1.29, 1.82) is 0 Å². The SMILES string of the molecule is O=C1NCCNC12CCCc1ccccc12. The second-order valence-electron chi connectivity index (χ2n) is 4.60. The first-order chi connectivity index (χ1) is 7.83. The summed E-state index contributed by atoms with van der Waals surface area (Å²) in [5.41, 5.74) is 2.05. The fourth-order valence-corrected chi connectivity index (χ4v) is 2.94. The molecule has 3 nitrogen and oxygen atoms in total. The van der Waals surface area contributed by atoms with Crippen LogP contribution in [0.5, 0.6) is 0 Å². The first kappa shape index (κ1) is 9.85. The molecule has 1 unspecified atom stereocenters. The van der Waals surface area contributed by atoms with Crippen LogP contribution in [0.25, 0.3) is 0 Å². The Bertz CT molecular complexity index is 430. The van der Waals surface area contributed by atoms with Crippen LogP contribution in [0.2, 0.25) is 0 Å². The van der Waals surface area contributed by atoms with E-state index in [1.807, 2.05) is 6.07 Å². The Hall–Kier alpha value is -1.35. The highest BCUT2D eigenvalue weighted by Gasteiger charge is 2.44. The zero-order valence-electron chi connectivity index (χ0n) is 9.25. The quantitative estimate of drug-likeness (QED) is 0.677. The van der Waals surface area contributed by atoms with E-state index in [0.717, 1.165) is 32.4 Å². The second kappa shape index (κ2) is 3.59. The summed E-state index contributed by atoms with van der Waals surface area (Å²) < 4.78 is 0. The Kier molecular flexibility index (Phi) is 2.21. The topological polar surface area (TPSA) is 41.1 Å². The predicted molar refractivity (Wildman–Crippen MR) is 62.1 cm³/mol. The molecule has 1 spiro atoms. The van der Waals surface area contributed by atoms with Gasteiger partial charge in [-0.3, -0.25) is 10.1 Å². The van der Waals surface area contributed by atoms with E-state index in [-0.39, 0.29) is 5.91 Å². The minimum absolute atomic E-state index is 0.144. The molecule has 1 amide bonds. The number of hydrogen-bond donors (Lipinski definition) is 2. The van der Waals surface area contributed by atoms with Gasteiger partial charge in [0.2, 0.25) is 5.91 Å². The summed E-state index contributed by atoms with van der Waals surface area (Å²) in [5, 5.41) is 6.41. The lowest BCUT2D eigenvalue weighted by atomic mass is 9.75. The van der Waals surface area contributed by atoms with E-state index in [1.165, 1.54) is 11.1 Å². The number of nitrogens with one attached hydrogen (secondary N) is 2. The molecule has 3 rings (SSSR count). The van der Waals surface area contributed by atoms with E-state index in [1.54, 1.807) is 0 Å². The van der Waals surface area contributed by atoms with Crippen molar-refractivity contribution < 1.29 is 4.79 Å². The Balaban J connectivity index is 2.12. The number of benzene rings is 1. The van der Waals surface area contributed by atoms with Gasteiger partial charge >= 0.3 is 0 Å². The van der Waals surface area contributed by atoms with Gasteiger partial charge in [0, 0.05) is 13.1 Å². The molecule has 1 heterocycles. The number of carbonyl (C=O) groups excluding carboxylic acids is 1. The van der Waals surface area contributed by atoms with Gasteiger partial charge in [0.1, 0.15) is 5.54 Å². The van der Waals surface area contributed by atoms with Gasteiger partial charge in [0.25, 0.3) is 0 Å². The van der Waals surface area contributed by atoms with Crippen molar-refractivity contribution in [3.63, 3.8) is 0 Å². The molecular formula is C13H16N2O. The van der Waals surface area contributed by atoms with E-state index in [0.29, 0.717) is 0 Å². The van der Waals surface area contributed by atoms with Crippen molar-refractivity contribution in [2.24, 2.45) is 0 Å². The highest BCUT2D eigenvalue weighted by atomic mass is 16.2. The summed E-state index contributed by atoms with van der Waals surface area (Å²) >= 11 is 0. The lowest BCUT2D eigenvalue weighted by Gasteiger charge is -2.41. The van der Waals surface area contributed by atoms with Crippen LogP contribution in [0.1, 0.15) is 24.0 Å². The number of hydrogen-bond acceptors (Lipinski definition) is 2. The van der Waals surface area contributed by atoms with Crippen LogP contribution in [-0.2, 0) is 16.8 Å². The van der Waals surface area contributed by atoms with Gasteiger partial charge < -0.3 is 5.32 Å². The van der Waals surface area contributed by atoms with E-state index in [4.69, 9.17) is 0 Å². The van der Waals surface area contributed by atoms with E-state index < -0.39 is 5.54 Å². The zero-order chi connectivity index (χ0) is 11.0. The zero-order valence-corrected chi connectivity index (χ0v) is 9.25. The molecule has 1 atom stereocenters. The molecule has 0 saturated carbocycles. The lowest BCUT2D eigenvalue weighted by Crippen LogP contribution is -2.61. The third kappa shape index (κ3) is 1.28. The highest BCUT2D eigenvalue weighted by molar-refractivity contribution is 5.89. The maximum Gasteiger partial charge on any atom is 0.244 e. The van der Waals surface area contributed by atoms with E-state index in [9.17, 15) is 4.79 Å². The van der Waals surface area contributed by atoms with Crippen molar-refractivity contribution in [3.05, 3.63) is 35.4 Å². The molecule has 16 heavy (non-hydrogen) atoms. The van der Waals surface area contributed by atoms with Crippen LogP contribution in [0.3, 0.4) is 0 Å². The Morgan fingerprint density at radius 2 is 2.06 bits per heavy atom. The summed E-state index contributed by atoms with van der Waals surface area (Å²) in [6.07, 6.45) is 3.08. The van der Waals surface area contributed by atoms with Gasteiger partial charge in [-0.15, -0.1) is 0 Å². The second-order valence-corrected chi connectivity index (χ2v) is 4.60. The molecule has 1 aromatic rings. The van der Waals surface area contributed by atoms with Crippen LogP contribution in [0, 0.1) is 0 Å². The third-order valence-electron chi connectivity index (χ3n) is 3.70. The molecule has 84 valence electrons. The summed E-state index contributed by atoms with van der Waals surface area (Å²) in [7, 11) is 0. The van der Waals surface area contributed by atoms with Gasteiger partial charge in [-0.25, -0.2) is 0 Å². The van der Waals surface area contributed by atoms with Crippen LogP contribution >= 0.6 is 0 Å². The largest absolute Gasteiger partial charge is 0.353 e. The minimum Gasteiger partial charge on any atom is -0.353 e. The molecule has 2 aliphatic rings. The van der Waals surface area contributed by atoms with Crippen molar-refractivity contribution in [2.45, 2.75) is 24.8 Å².